The first kappa shape index (κ1) is 16.1. The third-order valence-electron chi connectivity index (χ3n) is 3.15. The van der Waals surface area contributed by atoms with Gasteiger partial charge in [-0.05, 0) is 56.6 Å². The van der Waals surface area contributed by atoms with E-state index < -0.39 is 0 Å². The van der Waals surface area contributed by atoms with Gasteiger partial charge in [-0.2, -0.15) is 0 Å². The van der Waals surface area contributed by atoms with E-state index in [0.717, 1.165) is 27.0 Å². The Balaban J connectivity index is 2.19. The molecule has 3 nitrogen and oxygen atoms in total. The maximum atomic E-state index is 6.01. The lowest BCUT2D eigenvalue weighted by atomic mass is 10.2. The van der Waals surface area contributed by atoms with Gasteiger partial charge in [-0.3, -0.25) is 9.88 Å². The molecule has 20 heavy (non-hydrogen) atoms. The summed E-state index contributed by atoms with van der Waals surface area (Å²) in [6, 6.07) is 8.37. The Labute approximate surface area is 140 Å². The van der Waals surface area contributed by atoms with E-state index in [1.165, 1.54) is 4.88 Å². The van der Waals surface area contributed by atoms with Crippen molar-refractivity contribution < 1.29 is 0 Å². The SMILES string of the molecule is CCN(Cc1ccccn1)C(CN)c1cc(Br)c(Br)s1. The van der Waals surface area contributed by atoms with Crippen LogP contribution in [0.4, 0.5) is 0 Å². The molecule has 2 heterocycles. The minimum absolute atomic E-state index is 0.217. The fourth-order valence-corrected chi connectivity index (χ4v) is 4.35. The molecule has 2 rings (SSSR count). The summed E-state index contributed by atoms with van der Waals surface area (Å²) in [6.07, 6.45) is 1.83. The fourth-order valence-electron chi connectivity index (χ4n) is 2.11. The molecule has 108 valence electrons. The summed E-state index contributed by atoms with van der Waals surface area (Å²) >= 11 is 8.82. The van der Waals surface area contributed by atoms with Crippen molar-refractivity contribution in [3.8, 4) is 0 Å². The number of thiophene rings is 1. The third-order valence-corrected chi connectivity index (χ3v) is 6.51. The van der Waals surface area contributed by atoms with Crippen LogP contribution in [0.5, 0.6) is 0 Å². The van der Waals surface area contributed by atoms with E-state index in [4.69, 9.17) is 5.73 Å². The van der Waals surface area contributed by atoms with Crippen LogP contribution < -0.4 is 5.73 Å². The zero-order chi connectivity index (χ0) is 14.5. The first-order chi connectivity index (χ1) is 9.65. The zero-order valence-electron chi connectivity index (χ0n) is 11.2. The molecule has 0 amide bonds. The van der Waals surface area contributed by atoms with Gasteiger partial charge in [0.25, 0.3) is 0 Å². The molecule has 0 spiro atoms. The van der Waals surface area contributed by atoms with E-state index >= 15 is 0 Å². The molecule has 0 aliphatic heterocycles. The average Bonchev–Trinajstić information content (AvgIpc) is 2.79. The molecule has 0 saturated carbocycles. The highest BCUT2D eigenvalue weighted by molar-refractivity contribution is 9.13. The predicted octanol–water partition coefficient (Wildman–Crippen LogP) is 4.19. The Morgan fingerprint density at radius 1 is 1.40 bits per heavy atom. The van der Waals surface area contributed by atoms with E-state index in [9.17, 15) is 0 Å². The second-order valence-corrected chi connectivity index (χ2v) is 7.66. The highest BCUT2D eigenvalue weighted by Gasteiger charge is 2.21. The van der Waals surface area contributed by atoms with Crippen molar-refractivity contribution >= 4 is 43.2 Å². The summed E-state index contributed by atoms with van der Waals surface area (Å²) in [6.45, 7) is 4.50. The lowest BCUT2D eigenvalue weighted by Gasteiger charge is -2.28. The van der Waals surface area contributed by atoms with Crippen LogP contribution in [0.25, 0.3) is 0 Å². The molecule has 2 N–H and O–H groups in total. The van der Waals surface area contributed by atoms with Crippen molar-refractivity contribution in [3.63, 3.8) is 0 Å². The van der Waals surface area contributed by atoms with Crippen molar-refractivity contribution in [2.45, 2.75) is 19.5 Å². The first-order valence-corrected chi connectivity index (χ1v) is 8.84. The number of aromatic nitrogens is 1. The molecule has 0 bridgehead atoms. The topological polar surface area (TPSA) is 42.2 Å². The molecule has 0 aliphatic rings. The number of nitrogens with zero attached hydrogens (tertiary/aromatic N) is 2. The normalized spacial score (nSPS) is 12.8. The van der Waals surface area contributed by atoms with Crippen LogP contribution in [0.3, 0.4) is 0 Å². The van der Waals surface area contributed by atoms with Gasteiger partial charge in [0.1, 0.15) is 0 Å². The Kier molecular flexibility index (Phi) is 6.17. The van der Waals surface area contributed by atoms with Gasteiger partial charge in [0.15, 0.2) is 0 Å². The predicted molar refractivity (Wildman–Crippen MR) is 91.8 cm³/mol. The molecule has 2 aromatic rings. The summed E-state index contributed by atoms with van der Waals surface area (Å²) in [7, 11) is 0. The van der Waals surface area contributed by atoms with Crippen LogP contribution in [-0.2, 0) is 6.54 Å². The van der Waals surface area contributed by atoms with Crippen LogP contribution in [0.15, 0.2) is 38.7 Å². The second kappa shape index (κ2) is 7.66. The van der Waals surface area contributed by atoms with Crippen LogP contribution in [0.1, 0.15) is 23.5 Å². The quantitative estimate of drug-likeness (QED) is 0.764. The van der Waals surface area contributed by atoms with Gasteiger partial charge in [0, 0.05) is 28.6 Å². The summed E-state index contributed by atoms with van der Waals surface area (Å²) in [5.74, 6) is 0. The molecule has 0 aromatic carbocycles. The lowest BCUT2D eigenvalue weighted by molar-refractivity contribution is 0.204. The number of nitrogens with two attached hydrogens (primary N) is 1. The van der Waals surface area contributed by atoms with Crippen molar-refractivity contribution in [2.75, 3.05) is 13.1 Å². The fraction of sp³-hybridized carbons (Fsp3) is 0.357. The molecular formula is C14H17Br2N3S. The summed E-state index contributed by atoms with van der Waals surface area (Å²) < 4.78 is 2.20. The molecule has 0 radical (unpaired) electrons. The number of halogens is 2. The number of pyridine rings is 1. The molecule has 0 fully saturated rings. The van der Waals surface area contributed by atoms with Crippen LogP contribution in [-0.4, -0.2) is 23.0 Å². The van der Waals surface area contributed by atoms with Crippen LogP contribution in [0.2, 0.25) is 0 Å². The molecule has 1 unspecified atom stereocenters. The average molecular weight is 419 g/mol. The smallest absolute Gasteiger partial charge is 0.0843 e. The number of rotatable bonds is 6. The minimum Gasteiger partial charge on any atom is -0.329 e. The molecule has 1 atom stereocenters. The highest BCUT2D eigenvalue weighted by Crippen LogP contribution is 2.37. The number of hydrogen-bond donors (Lipinski definition) is 1. The summed E-state index contributed by atoms with van der Waals surface area (Å²) in [5, 5.41) is 0. The Bertz CT molecular complexity index is 525. The monoisotopic (exact) mass is 417 g/mol. The molecular weight excluding hydrogens is 402 g/mol. The largest absolute Gasteiger partial charge is 0.329 e. The molecule has 6 heteroatoms. The third kappa shape index (κ3) is 3.89. The maximum Gasteiger partial charge on any atom is 0.0843 e. The van der Waals surface area contributed by atoms with Crippen LogP contribution in [0, 0.1) is 0 Å². The van der Waals surface area contributed by atoms with E-state index in [2.05, 4.69) is 60.8 Å². The number of hydrogen-bond acceptors (Lipinski definition) is 4. The van der Waals surface area contributed by atoms with Gasteiger partial charge in [-0.1, -0.05) is 13.0 Å². The molecule has 2 aromatic heterocycles. The van der Waals surface area contributed by atoms with Gasteiger partial charge in [0.05, 0.1) is 15.5 Å². The van der Waals surface area contributed by atoms with E-state index in [1.54, 1.807) is 11.3 Å². The summed E-state index contributed by atoms with van der Waals surface area (Å²) in [5.41, 5.74) is 7.08. The van der Waals surface area contributed by atoms with Gasteiger partial charge < -0.3 is 5.73 Å². The highest BCUT2D eigenvalue weighted by atomic mass is 79.9. The van der Waals surface area contributed by atoms with E-state index in [-0.39, 0.29) is 6.04 Å². The van der Waals surface area contributed by atoms with E-state index in [0.29, 0.717) is 6.54 Å². The van der Waals surface area contributed by atoms with E-state index in [1.807, 2.05) is 18.3 Å². The van der Waals surface area contributed by atoms with Crippen molar-refractivity contribution in [2.24, 2.45) is 5.73 Å². The lowest BCUT2D eigenvalue weighted by Crippen LogP contribution is -2.33. The standard InChI is InChI=1S/C14H17Br2N3S/c1-2-19(9-10-5-3-4-6-18-10)12(8-17)13-7-11(15)14(16)20-13/h3-7,12H,2,8-9,17H2,1H3. The zero-order valence-corrected chi connectivity index (χ0v) is 15.2. The Hall–Kier alpha value is -0.270. The second-order valence-electron chi connectivity index (χ2n) is 4.41. The maximum absolute atomic E-state index is 6.01. The first-order valence-electron chi connectivity index (χ1n) is 6.44. The van der Waals surface area contributed by atoms with Gasteiger partial charge in [-0.25, -0.2) is 0 Å². The Morgan fingerprint density at radius 3 is 2.70 bits per heavy atom. The molecule has 0 aliphatic carbocycles. The van der Waals surface area contributed by atoms with Crippen molar-refractivity contribution in [3.05, 3.63) is 49.3 Å². The van der Waals surface area contributed by atoms with Crippen molar-refractivity contribution in [1.29, 1.82) is 0 Å². The van der Waals surface area contributed by atoms with Gasteiger partial charge in [-0.15, -0.1) is 11.3 Å². The van der Waals surface area contributed by atoms with Crippen LogP contribution >= 0.6 is 43.2 Å². The number of likely N-dealkylation sites (N-methyl/N-ethyl adjacent to an activating group) is 1. The van der Waals surface area contributed by atoms with Gasteiger partial charge >= 0.3 is 0 Å². The minimum atomic E-state index is 0.217. The van der Waals surface area contributed by atoms with Crippen molar-refractivity contribution in [1.82, 2.24) is 9.88 Å². The molecule has 0 saturated heterocycles. The summed E-state index contributed by atoms with van der Waals surface area (Å²) in [4.78, 5) is 8.02. The van der Waals surface area contributed by atoms with Gasteiger partial charge in [0.2, 0.25) is 0 Å². The Morgan fingerprint density at radius 2 is 2.20 bits per heavy atom.